The molecule has 2 saturated heterocycles. The van der Waals surface area contributed by atoms with E-state index >= 15 is 0 Å². The molecule has 0 aromatic carbocycles. The Labute approximate surface area is 245 Å². The zero-order chi connectivity index (χ0) is 27.1. The number of thiophene rings is 1. The predicted molar refractivity (Wildman–Crippen MR) is 158 cm³/mol. The molecule has 2 bridgehead atoms. The van der Waals surface area contributed by atoms with Gasteiger partial charge in [-0.2, -0.15) is 0 Å². The summed E-state index contributed by atoms with van der Waals surface area (Å²) in [5.41, 5.74) is 1.24. The minimum absolute atomic E-state index is 0.0981. The lowest BCUT2D eigenvalue weighted by atomic mass is 9.97. The van der Waals surface area contributed by atoms with Crippen molar-refractivity contribution in [3.05, 3.63) is 39.3 Å². The van der Waals surface area contributed by atoms with Crippen LogP contribution in [0.4, 0.5) is 16.0 Å². The van der Waals surface area contributed by atoms with Gasteiger partial charge in [0, 0.05) is 37.3 Å². The Morgan fingerprint density at radius 3 is 2.64 bits per heavy atom. The molecule has 206 valence electrons. The van der Waals surface area contributed by atoms with E-state index in [2.05, 4.69) is 20.1 Å². The van der Waals surface area contributed by atoms with Gasteiger partial charge >= 0.3 is 5.97 Å². The molecule has 3 aromatic rings. The predicted octanol–water partition coefficient (Wildman–Crippen LogP) is 6.59. The molecule has 5 heterocycles. The van der Waals surface area contributed by atoms with Crippen LogP contribution in [0.3, 0.4) is 0 Å². The molecule has 6 rings (SSSR count). The van der Waals surface area contributed by atoms with Crippen molar-refractivity contribution in [2.75, 3.05) is 41.4 Å². The van der Waals surface area contributed by atoms with E-state index in [1.54, 1.807) is 23.6 Å². The van der Waals surface area contributed by atoms with Crippen LogP contribution in [0.15, 0.2) is 23.7 Å². The number of esters is 1. The molecular weight excluding hydrogens is 577 g/mol. The summed E-state index contributed by atoms with van der Waals surface area (Å²) in [5, 5.41) is 7.60. The second-order valence-electron chi connectivity index (χ2n) is 10.3. The maximum atomic E-state index is 13.2. The largest absolute Gasteiger partial charge is 0.466 e. The van der Waals surface area contributed by atoms with Gasteiger partial charge < -0.3 is 14.5 Å². The van der Waals surface area contributed by atoms with Crippen molar-refractivity contribution in [2.24, 2.45) is 11.8 Å². The van der Waals surface area contributed by atoms with E-state index in [0.29, 0.717) is 65.1 Å². The second-order valence-corrected chi connectivity index (χ2v) is 13.0. The highest BCUT2D eigenvalue weighted by Crippen LogP contribution is 2.48. The van der Waals surface area contributed by atoms with Gasteiger partial charge in [0.1, 0.15) is 16.5 Å². The molecule has 8 nitrogen and oxygen atoms in total. The topological polar surface area (TPSA) is 87.7 Å². The Hall–Kier alpha value is -2.40. The van der Waals surface area contributed by atoms with Crippen LogP contribution in [0.2, 0.25) is 10.0 Å². The smallest absolute Gasteiger partial charge is 0.309 e. The van der Waals surface area contributed by atoms with Gasteiger partial charge in [0.15, 0.2) is 5.13 Å². The number of thiazole rings is 1. The quantitative estimate of drug-likeness (QED) is 0.304. The zero-order valence-electron chi connectivity index (χ0n) is 21.5. The third-order valence-electron chi connectivity index (χ3n) is 7.80. The number of anilines is 3. The van der Waals surface area contributed by atoms with Gasteiger partial charge in [0.05, 0.1) is 33.0 Å². The number of hydrogen-bond acceptors (Lipinski definition) is 9. The number of aromatic nitrogens is 2. The highest BCUT2D eigenvalue weighted by atomic mass is 35.5. The molecule has 1 amide bonds. The van der Waals surface area contributed by atoms with E-state index in [1.165, 1.54) is 30.6 Å². The van der Waals surface area contributed by atoms with Crippen LogP contribution >= 0.6 is 45.9 Å². The Balaban J connectivity index is 1.17. The third-order valence-corrected chi connectivity index (χ3v) is 10.4. The Kier molecular flexibility index (Phi) is 7.72. The van der Waals surface area contributed by atoms with Crippen molar-refractivity contribution in [2.45, 2.75) is 45.1 Å². The van der Waals surface area contributed by atoms with E-state index in [0.717, 1.165) is 28.0 Å². The van der Waals surface area contributed by atoms with E-state index in [4.69, 9.17) is 32.9 Å². The van der Waals surface area contributed by atoms with Crippen LogP contribution in [0.1, 0.15) is 49.4 Å². The fraction of sp³-hybridized carbons (Fsp3) is 0.481. The van der Waals surface area contributed by atoms with Crippen molar-refractivity contribution in [1.29, 1.82) is 0 Å². The highest BCUT2D eigenvalue weighted by molar-refractivity contribution is 7.21. The highest BCUT2D eigenvalue weighted by Gasteiger charge is 2.40. The first-order valence-corrected chi connectivity index (χ1v) is 15.7. The molecular formula is C27H29Cl2N5O3S2. The Morgan fingerprint density at radius 2 is 2.00 bits per heavy atom. The number of halogens is 2. The first kappa shape index (κ1) is 26.8. The van der Waals surface area contributed by atoms with E-state index < -0.39 is 0 Å². The molecule has 3 fully saturated rings. The average molecular weight is 607 g/mol. The summed E-state index contributed by atoms with van der Waals surface area (Å²) in [6.07, 6.45) is 6.62. The number of nitrogens with one attached hydrogen (secondary N) is 1. The number of rotatable bonds is 7. The van der Waals surface area contributed by atoms with Crippen LogP contribution in [0.5, 0.6) is 0 Å². The van der Waals surface area contributed by atoms with E-state index in [-0.39, 0.29) is 17.8 Å². The summed E-state index contributed by atoms with van der Waals surface area (Å²) in [6, 6.07) is 4.11. The minimum Gasteiger partial charge on any atom is -0.466 e. The lowest BCUT2D eigenvalue weighted by Crippen LogP contribution is -2.37. The number of carbonyl (C=O) groups is 2. The first-order chi connectivity index (χ1) is 18.9. The Morgan fingerprint density at radius 1 is 1.18 bits per heavy atom. The molecule has 2 aliphatic heterocycles. The molecule has 3 aromatic heterocycles. The van der Waals surface area contributed by atoms with Crippen LogP contribution in [-0.2, 0) is 9.53 Å². The molecule has 3 aliphatic rings. The summed E-state index contributed by atoms with van der Waals surface area (Å²) in [5.74, 6) is 0.803. The summed E-state index contributed by atoms with van der Waals surface area (Å²) >= 11 is 15.9. The van der Waals surface area contributed by atoms with Gasteiger partial charge in [0.25, 0.3) is 5.91 Å². The third kappa shape index (κ3) is 5.49. The summed E-state index contributed by atoms with van der Waals surface area (Å²) < 4.78 is 5.16. The van der Waals surface area contributed by atoms with E-state index in [9.17, 15) is 9.59 Å². The van der Waals surface area contributed by atoms with Gasteiger partial charge in [-0.15, -0.1) is 11.3 Å². The van der Waals surface area contributed by atoms with Crippen molar-refractivity contribution in [3.63, 3.8) is 0 Å². The molecule has 2 unspecified atom stereocenters. The number of amides is 1. The minimum atomic E-state index is -0.309. The van der Waals surface area contributed by atoms with Crippen molar-refractivity contribution < 1.29 is 14.3 Å². The normalized spacial score (nSPS) is 21.0. The Bertz CT molecular complexity index is 1390. The van der Waals surface area contributed by atoms with Crippen LogP contribution < -0.4 is 15.1 Å². The van der Waals surface area contributed by atoms with Gasteiger partial charge in [-0.3, -0.25) is 14.9 Å². The molecule has 2 atom stereocenters. The summed E-state index contributed by atoms with van der Waals surface area (Å²) in [7, 11) is 0. The lowest BCUT2D eigenvalue weighted by molar-refractivity contribution is -0.148. The van der Waals surface area contributed by atoms with Gasteiger partial charge in [-0.25, -0.2) is 9.97 Å². The molecule has 39 heavy (non-hydrogen) atoms. The number of carbonyl (C=O) groups excluding carboxylic acids is 2. The SMILES string of the molecule is CCOC(=O)C1CCN(c2ncc(C(=O)Nc3nc(-c4cc(Cl)cs4)c(N4CC5CCC4C5)s3)cc2Cl)CC1. The fourth-order valence-electron chi connectivity index (χ4n) is 5.88. The van der Waals surface area contributed by atoms with Crippen molar-refractivity contribution in [1.82, 2.24) is 9.97 Å². The fourth-order valence-corrected chi connectivity index (χ4v) is 8.35. The number of ether oxygens (including phenoxy) is 1. The molecule has 1 saturated carbocycles. The first-order valence-electron chi connectivity index (χ1n) is 13.3. The maximum absolute atomic E-state index is 13.2. The average Bonchev–Trinajstić information content (AvgIpc) is 3.73. The summed E-state index contributed by atoms with van der Waals surface area (Å²) in [6.45, 7) is 4.54. The van der Waals surface area contributed by atoms with Crippen molar-refractivity contribution in [3.8, 4) is 10.6 Å². The lowest BCUT2D eigenvalue weighted by Gasteiger charge is -2.32. The molecule has 12 heteroatoms. The summed E-state index contributed by atoms with van der Waals surface area (Å²) in [4.78, 5) is 40.1. The second kappa shape index (κ2) is 11.2. The van der Waals surface area contributed by atoms with Crippen LogP contribution in [0, 0.1) is 11.8 Å². The monoisotopic (exact) mass is 605 g/mol. The molecule has 1 N–H and O–H groups in total. The number of nitrogens with zero attached hydrogens (tertiary/aromatic N) is 4. The van der Waals surface area contributed by atoms with Gasteiger partial charge in [0.2, 0.25) is 0 Å². The number of fused-ring (bicyclic) bond motifs is 2. The standard InChI is InChI=1S/C27H29Cl2N5O3S2/c1-2-37-26(36)16-5-7-33(8-6-16)23-20(29)10-17(12-30-23)24(35)32-27-31-22(21-11-18(28)14-38-21)25(39-27)34-13-15-3-4-19(34)9-15/h10-12,14-16,19H,2-9,13H2,1H3,(H,31,32,35). The molecule has 0 spiro atoms. The van der Waals surface area contributed by atoms with E-state index in [1.807, 2.05) is 18.4 Å². The number of pyridine rings is 1. The zero-order valence-corrected chi connectivity index (χ0v) is 24.6. The van der Waals surface area contributed by atoms with Crippen molar-refractivity contribution >= 4 is 73.7 Å². The van der Waals surface area contributed by atoms with Crippen LogP contribution in [-0.4, -0.2) is 54.1 Å². The van der Waals surface area contributed by atoms with Crippen LogP contribution in [0.25, 0.3) is 10.6 Å². The maximum Gasteiger partial charge on any atom is 0.309 e. The molecule has 1 aliphatic carbocycles. The van der Waals surface area contributed by atoms with Gasteiger partial charge in [-0.1, -0.05) is 34.5 Å². The number of piperidine rings is 2. The number of hydrogen-bond donors (Lipinski definition) is 1. The molecule has 0 radical (unpaired) electrons. The van der Waals surface area contributed by atoms with Gasteiger partial charge in [-0.05, 0) is 57.1 Å².